The van der Waals surface area contributed by atoms with E-state index in [9.17, 15) is 18.0 Å². The average molecular weight is 294 g/mol. The van der Waals surface area contributed by atoms with Crippen molar-refractivity contribution in [1.82, 2.24) is 10.4 Å². The number of hydrazine groups is 1. The molecule has 3 nitrogen and oxygen atoms in total. The molecule has 0 aromatic heterocycles. The molecule has 6 heteroatoms. The van der Waals surface area contributed by atoms with Crippen LogP contribution in [0.1, 0.15) is 18.0 Å². The minimum absolute atomic E-state index is 0.0514. The third-order valence-electron chi connectivity index (χ3n) is 3.56. The lowest BCUT2D eigenvalue weighted by molar-refractivity contribution is -0.191. The molecule has 0 aliphatic carbocycles. The molecule has 110 valence electrons. The standard InChI is InChI=1S/C15H13F3N2O/c16-15(17,18)14(20-8-7-13(21)19-20)12-6-5-10-3-1-2-4-11(10)9-12/h1-6,9,14H,7-8H2,(H,19,21)/t14-/m0/s1. The van der Waals surface area contributed by atoms with Gasteiger partial charge in [-0.3, -0.25) is 10.2 Å². The van der Waals surface area contributed by atoms with Gasteiger partial charge in [0.25, 0.3) is 0 Å². The molecule has 1 saturated heterocycles. The van der Waals surface area contributed by atoms with Crippen molar-refractivity contribution >= 4 is 16.7 Å². The average Bonchev–Trinajstić information content (AvgIpc) is 2.83. The summed E-state index contributed by atoms with van der Waals surface area (Å²) in [4.78, 5) is 11.2. The van der Waals surface area contributed by atoms with Gasteiger partial charge in [0.1, 0.15) is 6.04 Å². The van der Waals surface area contributed by atoms with Gasteiger partial charge in [0, 0.05) is 13.0 Å². The van der Waals surface area contributed by atoms with Gasteiger partial charge in [0.15, 0.2) is 0 Å². The summed E-state index contributed by atoms with van der Waals surface area (Å²) in [6, 6.07) is 10.1. The second-order valence-electron chi connectivity index (χ2n) is 5.03. The molecule has 21 heavy (non-hydrogen) atoms. The van der Waals surface area contributed by atoms with Crippen LogP contribution in [0, 0.1) is 0 Å². The van der Waals surface area contributed by atoms with Gasteiger partial charge in [-0.2, -0.15) is 13.2 Å². The molecule has 2 aromatic carbocycles. The van der Waals surface area contributed by atoms with Crippen molar-refractivity contribution in [3.05, 3.63) is 48.0 Å². The van der Waals surface area contributed by atoms with Crippen LogP contribution in [-0.2, 0) is 4.79 Å². The number of benzene rings is 2. The number of fused-ring (bicyclic) bond motifs is 1. The molecule has 3 rings (SSSR count). The molecule has 0 spiro atoms. The third kappa shape index (κ3) is 2.71. The smallest absolute Gasteiger partial charge is 0.288 e. The van der Waals surface area contributed by atoms with Crippen LogP contribution in [0.4, 0.5) is 13.2 Å². The largest absolute Gasteiger partial charge is 0.409 e. The van der Waals surface area contributed by atoms with Gasteiger partial charge in [-0.1, -0.05) is 36.4 Å². The monoisotopic (exact) mass is 294 g/mol. The van der Waals surface area contributed by atoms with E-state index in [0.717, 1.165) is 15.8 Å². The maximum atomic E-state index is 13.4. The van der Waals surface area contributed by atoms with Crippen molar-refractivity contribution < 1.29 is 18.0 Å². The van der Waals surface area contributed by atoms with Crippen LogP contribution in [0.15, 0.2) is 42.5 Å². The maximum absolute atomic E-state index is 13.4. The molecule has 0 unspecified atom stereocenters. The molecule has 1 aliphatic rings. The molecule has 1 fully saturated rings. The molecule has 1 atom stereocenters. The van der Waals surface area contributed by atoms with Gasteiger partial charge in [-0.05, 0) is 22.4 Å². The molecule has 0 bridgehead atoms. The van der Waals surface area contributed by atoms with Crippen molar-refractivity contribution in [3.8, 4) is 0 Å². The summed E-state index contributed by atoms with van der Waals surface area (Å²) in [5, 5.41) is 2.59. The Morgan fingerprint density at radius 3 is 2.43 bits per heavy atom. The molecule has 1 heterocycles. The van der Waals surface area contributed by atoms with Crippen molar-refractivity contribution in [1.29, 1.82) is 0 Å². The van der Waals surface area contributed by atoms with Gasteiger partial charge in [-0.25, -0.2) is 5.01 Å². The Kier molecular flexibility index (Phi) is 3.33. The lowest BCUT2D eigenvalue weighted by Crippen LogP contribution is -2.43. The zero-order valence-electron chi connectivity index (χ0n) is 11.0. The second kappa shape index (κ2) is 5.04. The van der Waals surface area contributed by atoms with Crippen molar-refractivity contribution in [2.75, 3.05) is 6.54 Å². The number of carbonyl (C=O) groups is 1. The summed E-state index contributed by atoms with van der Waals surface area (Å²) >= 11 is 0. The van der Waals surface area contributed by atoms with E-state index in [1.54, 1.807) is 18.2 Å². The van der Waals surface area contributed by atoms with Crippen molar-refractivity contribution in [3.63, 3.8) is 0 Å². The first-order valence-corrected chi connectivity index (χ1v) is 6.57. The van der Waals surface area contributed by atoms with E-state index < -0.39 is 12.2 Å². The zero-order chi connectivity index (χ0) is 15.0. The molecule has 1 N–H and O–H groups in total. The van der Waals surface area contributed by atoms with Gasteiger partial charge >= 0.3 is 6.18 Å². The summed E-state index contributed by atoms with van der Waals surface area (Å²) in [5.41, 5.74) is 2.41. The Bertz CT molecular complexity index is 684. The minimum Gasteiger partial charge on any atom is -0.288 e. The highest BCUT2D eigenvalue weighted by Crippen LogP contribution is 2.38. The predicted octanol–water partition coefficient (Wildman–Crippen LogP) is 3.18. The lowest BCUT2D eigenvalue weighted by Gasteiger charge is -2.29. The number of rotatable bonds is 2. The summed E-state index contributed by atoms with van der Waals surface area (Å²) in [6.07, 6.45) is -4.37. The number of alkyl halides is 3. The van der Waals surface area contributed by atoms with Crippen LogP contribution >= 0.6 is 0 Å². The molecular weight excluding hydrogens is 281 g/mol. The number of amides is 1. The van der Waals surface area contributed by atoms with E-state index in [0.29, 0.717) is 0 Å². The fourth-order valence-corrected chi connectivity index (χ4v) is 2.61. The number of nitrogens with zero attached hydrogens (tertiary/aromatic N) is 1. The number of nitrogens with one attached hydrogen (secondary N) is 1. The highest BCUT2D eigenvalue weighted by Gasteiger charge is 2.46. The van der Waals surface area contributed by atoms with Crippen LogP contribution in [0.2, 0.25) is 0 Å². The van der Waals surface area contributed by atoms with E-state index in [1.165, 1.54) is 12.1 Å². The van der Waals surface area contributed by atoms with Crippen LogP contribution in [0.25, 0.3) is 10.8 Å². The molecule has 0 radical (unpaired) electrons. The first-order valence-electron chi connectivity index (χ1n) is 6.57. The fourth-order valence-electron chi connectivity index (χ4n) is 2.61. The normalized spacial score (nSPS) is 18.0. The Morgan fingerprint density at radius 1 is 1.10 bits per heavy atom. The van der Waals surface area contributed by atoms with E-state index >= 15 is 0 Å². The van der Waals surface area contributed by atoms with E-state index in [4.69, 9.17) is 0 Å². The summed E-state index contributed by atoms with van der Waals surface area (Å²) in [5.74, 6) is -0.384. The van der Waals surface area contributed by atoms with Crippen LogP contribution < -0.4 is 5.43 Å². The quantitative estimate of drug-likeness (QED) is 0.922. The van der Waals surface area contributed by atoms with Crippen LogP contribution in [0.5, 0.6) is 0 Å². The Hall–Kier alpha value is -2.08. The number of halogens is 3. The van der Waals surface area contributed by atoms with Gasteiger partial charge in [0.05, 0.1) is 0 Å². The zero-order valence-corrected chi connectivity index (χ0v) is 11.0. The van der Waals surface area contributed by atoms with Gasteiger partial charge in [-0.15, -0.1) is 0 Å². The number of hydrogen-bond donors (Lipinski definition) is 1. The SMILES string of the molecule is O=C1CCN([C@@H](c2ccc3ccccc3c2)C(F)(F)F)N1. The number of hydrogen-bond acceptors (Lipinski definition) is 2. The maximum Gasteiger partial charge on any atom is 0.409 e. The predicted molar refractivity (Wildman–Crippen MR) is 72.2 cm³/mol. The highest BCUT2D eigenvalue weighted by atomic mass is 19.4. The second-order valence-corrected chi connectivity index (χ2v) is 5.03. The highest BCUT2D eigenvalue weighted by molar-refractivity contribution is 5.83. The van der Waals surface area contributed by atoms with E-state index in [2.05, 4.69) is 5.43 Å². The summed E-state index contributed by atoms with van der Waals surface area (Å²) in [6.45, 7) is 0.0514. The minimum atomic E-state index is -4.46. The Morgan fingerprint density at radius 2 is 1.81 bits per heavy atom. The molecular formula is C15H13F3N2O. The van der Waals surface area contributed by atoms with Gasteiger partial charge < -0.3 is 0 Å². The summed E-state index contributed by atoms with van der Waals surface area (Å²) < 4.78 is 40.2. The van der Waals surface area contributed by atoms with E-state index in [-0.39, 0.29) is 24.4 Å². The summed E-state index contributed by atoms with van der Waals surface area (Å²) in [7, 11) is 0. The molecule has 0 saturated carbocycles. The third-order valence-corrected chi connectivity index (χ3v) is 3.56. The molecule has 2 aromatic rings. The van der Waals surface area contributed by atoms with Crippen LogP contribution in [0.3, 0.4) is 0 Å². The first-order chi connectivity index (χ1) is 9.95. The van der Waals surface area contributed by atoms with Crippen molar-refractivity contribution in [2.24, 2.45) is 0 Å². The first kappa shape index (κ1) is 13.9. The molecule has 1 aliphatic heterocycles. The van der Waals surface area contributed by atoms with Crippen LogP contribution in [-0.4, -0.2) is 23.6 Å². The topological polar surface area (TPSA) is 32.3 Å². The Labute approximate surface area is 119 Å². The molecule has 1 amide bonds. The van der Waals surface area contributed by atoms with Gasteiger partial charge in [0.2, 0.25) is 5.91 Å². The number of carbonyl (C=O) groups excluding carboxylic acids is 1. The Balaban J connectivity index is 2.03. The fraction of sp³-hybridized carbons (Fsp3) is 0.267. The van der Waals surface area contributed by atoms with Crippen molar-refractivity contribution in [2.45, 2.75) is 18.6 Å². The van der Waals surface area contributed by atoms with E-state index in [1.807, 2.05) is 12.1 Å². The lowest BCUT2D eigenvalue weighted by atomic mass is 10.0.